The Morgan fingerprint density at radius 1 is 1.69 bits per heavy atom. The molecular weight excluding hydrogens is 178 g/mol. The molecule has 1 rings (SSSR count). The monoisotopic (exact) mass is 195 g/mol. The molecule has 0 spiro atoms. The molecule has 0 aliphatic heterocycles. The summed E-state index contributed by atoms with van der Waals surface area (Å²) >= 11 is 1.82. The van der Waals surface area contributed by atoms with Crippen LogP contribution in [0.5, 0.6) is 0 Å². The van der Waals surface area contributed by atoms with E-state index in [1.165, 1.54) is 10.5 Å². The molecule has 0 fully saturated rings. The lowest BCUT2D eigenvalue weighted by molar-refractivity contribution is 0.558. The highest BCUT2D eigenvalue weighted by molar-refractivity contribution is 7.09. The Labute approximate surface area is 84.5 Å². The highest BCUT2D eigenvalue weighted by Crippen LogP contribution is 2.14. The van der Waals surface area contributed by atoms with Crippen LogP contribution in [0.15, 0.2) is 29.7 Å². The van der Waals surface area contributed by atoms with Crippen LogP contribution in [-0.2, 0) is 6.42 Å². The van der Waals surface area contributed by atoms with Gasteiger partial charge in [-0.15, -0.1) is 17.9 Å². The van der Waals surface area contributed by atoms with Crippen LogP contribution in [-0.4, -0.2) is 13.1 Å². The maximum Gasteiger partial charge on any atom is 0.0149 e. The smallest absolute Gasteiger partial charge is 0.0149 e. The van der Waals surface area contributed by atoms with Crippen LogP contribution in [0.2, 0.25) is 0 Å². The molecule has 0 aromatic carbocycles. The molecule has 1 N–H and O–H groups in total. The Morgan fingerprint density at radius 2 is 2.46 bits per heavy atom. The van der Waals surface area contributed by atoms with Gasteiger partial charge in [-0.25, -0.2) is 0 Å². The van der Waals surface area contributed by atoms with Crippen molar-refractivity contribution in [3.05, 3.63) is 34.5 Å². The molecule has 1 nitrogen and oxygen atoms in total. The van der Waals surface area contributed by atoms with Crippen molar-refractivity contribution in [2.24, 2.45) is 0 Å². The van der Waals surface area contributed by atoms with Gasteiger partial charge in [-0.05, 0) is 38.3 Å². The third-order valence-electron chi connectivity index (χ3n) is 2.03. The molecule has 0 amide bonds. The molecule has 1 heterocycles. The molecule has 0 saturated carbocycles. The van der Waals surface area contributed by atoms with Gasteiger partial charge in [0, 0.05) is 10.9 Å². The van der Waals surface area contributed by atoms with Crippen LogP contribution >= 0.6 is 11.3 Å². The fourth-order valence-corrected chi connectivity index (χ4v) is 2.15. The van der Waals surface area contributed by atoms with Crippen molar-refractivity contribution in [3.8, 4) is 0 Å². The second-order valence-electron chi connectivity index (χ2n) is 3.43. The zero-order valence-electron chi connectivity index (χ0n) is 8.34. The normalized spacial score (nSPS) is 12.8. The van der Waals surface area contributed by atoms with E-state index in [9.17, 15) is 0 Å². The summed E-state index contributed by atoms with van der Waals surface area (Å²) in [5, 5.41) is 5.45. The van der Waals surface area contributed by atoms with Crippen LogP contribution in [0, 0.1) is 0 Å². The quantitative estimate of drug-likeness (QED) is 0.712. The van der Waals surface area contributed by atoms with Gasteiger partial charge in [0.15, 0.2) is 0 Å². The SMILES string of the molecule is C=C(C)CC(Cc1cccs1)NC. The molecule has 0 bridgehead atoms. The first-order chi connectivity index (χ1) is 6.22. The Balaban J connectivity index is 2.45. The van der Waals surface area contributed by atoms with Gasteiger partial charge in [-0.1, -0.05) is 11.6 Å². The summed E-state index contributed by atoms with van der Waals surface area (Å²) in [5.41, 5.74) is 1.25. The van der Waals surface area contributed by atoms with Gasteiger partial charge in [0.05, 0.1) is 0 Å². The van der Waals surface area contributed by atoms with Crippen LogP contribution in [0.25, 0.3) is 0 Å². The molecule has 13 heavy (non-hydrogen) atoms. The highest BCUT2D eigenvalue weighted by Gasteiger charge is 2.07. The number of hydrogen-bond donors (Lipinski definition) is 1. The van der Waals surface area contributed by atoms with E-state index in [0.29, 0.717) is 6.04 Å². The molecule has 0 radical (unpaired) electrons. The zero-order chi connectivity index (χ0) is 9.68. The molecular formula is C11H17NS. The Hall–Kier alpha value is -0.600. The summed E-state index contributed by atoms with van der Waals surface area (Å²) in [6.07, 6.45) is 2.18. The third kappa shape index (κ3) is 3.75. The van der Waals surface area contributed by atoms with Crippen LogP contribution < -0.4 is 5.32 Å². The van der Waals surface area contributed by atoms with Gasteiger partial charge in [-0.2, -0.15) is 0 Å². The lowest BCUT2D eigenvalue weighted by Crippen LogP contribution is -2.27. The van der Waals surface area contributed by atoms with Gasteiger partial charge >= 0.3 is 0 Å². The second-order valence-corrected chi connectivity index (χ2v) is 4.46. The number of thiophene rings is 1. The van der Waals surface area contributed by atoms with E-state index < -0.39 is 0 Å². The van der Waals surface area contributed by atoms with E-state index in [-0.39, 0.29) is 0 Å². The van der Waals surface area contributed by atoms with Crippen molar-refractivity contribution in [1.29, 1.82) is 0 Å². The topological polar surface area (TPSA) is 12.0 Å². The number of likely N-dealkylation sites (N-methyl/N-ethyl adjacent to an activating group) is 1. The minimum atomic E-state index is 0.538. The van der Waals surface area contributed by atoms with Crippen LogP contribution in [0.4, 0.5) is 0 Å². The number of hydrogen-bond acceptors (Lipinski definition) is 2. The van der Waals surface area contributed by atoms with Gasteiger partial charge in [0.25, 0.3) is 0 Å². The fraction of sp³-hybridized carbons (Fsp3) is 0.455. The molecule has 0 aliphatic carbocycles. The average molecular weight is 195 g/mol. The summed E-state index contributed by atoms with van der Waals surface area (Å²) in [4.78, 5) is 1.45. The van der Waals surface area contributed by atoms with Crippen LogP contribution in [0.1, 0.15) is 18.2 Å². The van der Waals surface area contributed by atoms with E-state index in [1.54, 1.807) is 0 Å². The minimum Gasteiger partial charge on any atom is -0.316 e. The fourth-order valence-electron chi connectivity index (χ4n) is 1.37. The summed E-state index contributed by atoms with van der Waals surface area (Å²) in [7, 11) is 2.02. The zero-order valence-corrected chi connectivity index (χ0v) is 9.16. The predicted octanol–water partition coefficient (Wildman–Crippen LogP) is 2.84. The maximum absolute atomic E-state index is 3.94. The average Bonchev–Trinajstić information content (AvgIpc) is 2.55. The minimum absolute atomic E-state index is 0.538. The summed E-state index contributed by atoms with van der Waals surface area (Å²) in [6, 6.07) is 4.83. The summed E-state index contributed by atoms with van der Waals surface area (Å²) in [6.45, 7) is 6.02. The maximum atomic E-state index is 3.94. The van der Waals surface area contributed by atoms with Gasteiger partial charge < -0.3 is 5.32 Å². The lowest BCUT2D eigenvalue weighted by atomic mass is 10.1. The first-order valence-corrected chi connectivity index (χ1v) is 5.44. The van der Waals surface area contributed by atoms with E-state index in [1.807, 2.05) is 18.4 Å². The molecule has 0 aliphatic rings. The summed E-state index contributed by atoms with van der Waals surface area (Å²) in [5.74, 6) is 0. The van der Waals surface area contributed by atoms with E-state index in [4.69, 9.17) is 0 Å². The number of nitrogens with one attached hydrogen (secondary N) is 1. The van der Waals surface area contributed by atoms with Crippen LogP contribution in [0.3, 0.4) is 0 Å². The third-order valence-corrected chi connectivity index (χ3v) is 2.93. The first-order valence-electron chi connectivity index (χ1n) is 4.56. The number of rotatable bonds is 5. The standard InChI is InChI=1S/C11H17NS/c1-9(2)7-10(12-3)8-11-5-4-6-13-11/h4-6,10,12H,1,7-8H2,2-3H3. The molecule has 2 heteroatoms. The van der Waals surface area contributed by atoms with Gasteiger partial charge in [0.2, 0.25) is 0 Å². The Bertz CT molecular complexity index is 251. The first kappa shape index (κ1) is 10.5. The molecule has 1 atom stereocenters. The predicted molar refractivity (Wildman–Crippen MR) is 60.3 cm³/mol. The Kier molecular flexibility index (Phi) is 4.19. The van der Waals surface area contributed by atoms with Crippen molar-refractivity contribution >= 4 is 11.3 Å². The van der Waals surface area contributed by atoms with Crippen molar-refractivity contribution in [2.45, 2.75) is 25.8 Å². The van der Waals surface area contributed by atoms with E-state index in [0.717, 1.165) is 12.8 Å². The van der Waals surface area contributed by atoms with Gasteiger partial charge in [0.1, 0.15) is 0 Å². The summed E-state index contributed by atoms with van der Waals surface area (Å²) < 4.78 is 0. The van der Waals surface area contributed by atoms with E-state index >= 15 is 0 Å². The molecule has 0 saturated heterocycles. The lowest BCUT2D eigenvalue weighted by Gasteiger charge is -2.14. The molecule has 1 aromatic rings. The van der Waals surface area contributed by atoms with Gasteiger partial charge in [-0.3, -0.25) is 0 Å². The molecule has 1 unspecified atom stereocenters. The molecule has 72 valence electrons. The second kappa shape index (κ2) is 5.20. The van der Waals surface area contributed by atoms with Crippen molar-refractivity contribution < 1.29 is 0 Å². The van der Waals surface area contributed by atoms with Crippen molar-refractivity contribution in [3.63, 3.8) is 0 Å². The molecule has 1 aromatic heterocycles. The van der Waals surface area contributed by atoms with E-state index in [2.05, 4.69) is 36.3 Å². The largest absolute Gasteiger partial charge is 0.316 e. The Morgan fingerprint density at radius 3 is 2.92 bits per heavy atom. The van der Waals surface area contributed by atoms with Crippen molar-refractivity contribution in [2.75, 3.05) is 7.05 Å². The van der Waals surface area contributed by atoms with Crippen molar-refractivity contribution in [1.82, 2.24) is 5.32 Å². The highest BCUT2D eigenvalue weighted by atomic mass is 32.1.